The predicted octanol–water partition coefficient (Wildman–Crippen LogP) is 3.44. The molecule has 0 atom stereocenters. The average molecular weight is 310 g/mol. The Morgan fingerprint density at radius 3 is 2.52 bits per heavy atom. The van der Waals surface area contributed by atoms with Crippen LogP contribution in [0.2, 0.25) is 0 Å². The fraction of sp³-hybridized carbons (Fsp3) is 0.471. The summed E-state index contributed by atoms with van der Waals surface area (Å²) in [4.78, 5) is 14.6. The molecule has 3 nitrogen and oxygen atoms in total. The van der Waals surface area contributed by atoms with E-state index >= 15 is 0 Å². The maximum atomic E-state index is 12.3. The zero-order valence-corrected chi connectivity index (χ0v) is 13.8. The van der Waals surface area contributed by atoms with E-state index in [1.807, 2.05) is 13.0 Å². The molecule has 0 saturated carbocycles. The largest absolute Gasteiger partial charge is 0.508 e. The number of aromatic hydroxyl groups is 1. The van der Waals surface area contributed by atoms with Crippen LogP contribution in [0.5, 0.6) is 5.75 Å². The van der Waals surface area contributed by atoms with E-state index in [0.717, 1.165) is 48.3 Å². The van der Waals surface area contributed by atoms with Gasteiger partial charge in [-0.25, -0.2) is 0 Å². The van der Waals surface area contributed by atoms with Crippen molar-refractivity contribution in [2.75, 3.05) is 19.6 Å². The minimum absolute atomic E-state index is 0. The molecule has 0 aliphatic heterocycles. The molecule has 116 valence electrons. The van der Waals surface area contributed by atoms with Crippen LogP contribution in [-0.2, 0) is 11.2 Å². The first-order valence-corrected chi connectivity index (χ1v) is 7.34. The van der Waals surface area contributed by atoms with Crippen molar-refractivity contribution in [1.82, 2.24) is 4.90 Å². The lowest BCUT2D eigenvalue weighted by molar-refractivity contribution is -0.115. The van der Waals surface area contributed by atoms with Crippen molar-refractivity contribution in [2.24, 2.45) is 0 Å². The number of hydrogen-bond acceptors (Lipinski definition) is 3. The molecule has 1 aromatic rings. The van der Waals surface area contributed by atoms with Crippen LogP contribution in [0.3, 0.4) is 0 Å². The molecule has 2 rings (SSSR count). The lowest BCUT2D eigenvalue weighted by Crippen LogP contribution is -2.26. The first-order chi connectivity index (χ1) is 9.56. The Morgan fingerprint density at radius 1 is 1.24 bits per heavy atom. The Kier molecular flexibility index (Phi) is 6.43. The van der Waals surface area contributed by atoms with Gasteiger partial charge in [-0.05, 0) is 55.3 Å². The van der Waals surface area contributed by atoms with Gasteiger partial charge < -0.3 is 10.0 Å². The van der Waals surface area contributed by atoms with E-state index < -0.39 is 0 Å². The highest BCUT2D eigenvalue weighted by Gasteiger charge is 2.23. The summed E-state index contributed by atoms with van der Waals surface area (Å²) >= 11 is 0. The third-order valence-corrected chi connectivity index (χ3v) is 4.21. The number of carbonyl (C=O) groups excluding carboxylic acids is 1. The summed E-state index contributed by atoms with van der Waals surface area (Å²) in [7, 11) is 0. The van der Waals surface area contributed by atoms with Gasteiger partial charge >= 0.3 is 0 Å². The molecule has 0 unspecified atom stereocenters. The third-order valence-electron chi connectivity index (χ3n) is 4.21. The van der Waals surface area contributed by atoms with Gasteiger partial charge in [0.05, 0.1) is 0 Å². The molecule has 4 heteroatoms. The Hall–Kier alpha value is -1.32. The minimum Gasteiger partial charge on any atom is -0.508 e. The molecule has 21 heavy (non-hydrogen) atoms. The second-order valence-electron chi connectivity index (χ2n) is 5.32. The number of nitrogens with zero attached hydrogens (tertiary/aromatic N) is 1. The van der Waals surface area contributed by atoms with Gasteiger partial charge in [-0.2, -0.15) is 0 Å². The zero-order chi connectivity index (χ0) is 14.7. The number of phenolic OH excluding ortho intramolecular Hbond substituents is 1. The van der Waals surface area contributed by atoms with E-state index in [-0.39, 0.29) is 23.9 Å². The Balaban J connectivity index is 0.00000220. The van der Waals surface area contributed by atoms with Crippen molar-refractivity contribution < 1.29 is 9.90 Å². The molecular weight excluding hydrogens is 286 g/mol. The molecule has 0 amide bonds. The van der Waals surface area contributed by atoms with Crippen LogP contribution in [0, 0.1) is 0 Å². The van der Waals surface area contributed by atoms with E-state index in [2.05, 4.69) is 18.7 Å². The molecule has 1 N–H and O–H groups in total. The number of halogens is 1. The molecule has 0 radical (unpaired) electrons. The average Bonchev–Trinajstić information content (AvgIpc) is 2.42. The summed E-state index contributed by atoms with van der Waals surface area (Å²) in [5, 5.41) is 9.53. The molecule has 0 aromatic heterocycles. The maximum absolute atomic E-state index is 12.3. The highest BCUT2D eigenvalue weighted by Crippen LogP contribution is 2.32. The van der Waals surface area contributed by atoms with E-state index in [0.29, 0.717) is 6.42 Å². The number of Topliss-reactive ketones (excluding diaryl/α,β-unsaturated/α-hetero) is 1. The minimum atomic E-state index is 0. The predicted molar refractivity (Wildman–Crippen MR) is 89.1 cm³/mol. The first kappa shape index (κ1) is 17.7. The van der Waals surface area contributed by atoms with Crippen molar-refractivity contribution in [3.8, 4) is 5.75 Å². The smallest absolute Gasteiger partial charge is 0.163 e. The fourth-order valence-corrected chi connectivity index (χ4v) is 2.88. The lowest BCUT2D eigenvalue weighted by Gasteiger charge is -2.23. The Bertz CT molecular complexity index is 548. The highest BCUT2D eigenvalue weighted by atomic mass is 35.5. The Morgan fingerprint density at radius 2 is 1.90 bits per heavy atom. The van der Waals surface area contributed by atoms with Crippen LogP contribution in [0.4, 0.5) is 0 Å². The molecule has 0 fully saturated rings. The highest BCUT2D eigenvalue weighted by molar-refractivity contribution is 6.06. The van der Waals surface area contributed by atoms with Gasteiger partial charge in [0, 0.05) is 18.5 Å². The first-order valence-electron chi connectivity index (χ1n) is 7.34. The molecular formula is C17H24ClNO2. The summed E-state index contributed by atoms with van der Waals surface area (Å²) in [5.74, 6) is 0.434. The number of hydrogen-bond donors (Lipinski definition) is 1. The molecule has 1 aliphatic carbocycles. The van der Waals surface area contributed by atoms with Crippen molar-refractivity contribution in [2.45, 2.75) is 33.6 Å². The lowest BCUT2D eigenvalue weighted by atomic mass is 9.84. The summed E-state index contributed by atoms with van der Waals surface area (Å²) in [6.07, 6.45) is 1.22. The van der Waals surface area contributed by atoms with Gasteiger partial charge in [0.25, 0.3) is 0 Å². The van der Waals surface area contributed by atoms with Crippen molar-refractivity contribution >= 4 is 23.8 Å². The van der Waals surface area contributed by atoms with E-state index in [9.17, 15) is 9.90 Å². The van der Waals surface area contributed by atoms with Crippen molar-refractivity contribution in [3.05, 3.63) is 34.9 Å². The molecule has 0 heterocycles. The number of benzene rings is 1. The normalized spacial score (nSPS) is 14.2. The molecule has 1 aliphatic rings. The summed E-state index contributed by atoms with van der Waals surface area (Å²) in [6, 6.07) is 5.32. The second kappa shape index (κ2) is 7.62. The standard InChI is InChI=1S/C17H23NO2.ClH/c1-4-18(5-2)9-8-16-12(3)15-7-6-14(19)10-13(15)11-17(16)20;/h6-7,10,19H,4-5,8-9,11H2,1-3H3;1H. The van der Waals surface area contributed by atoms with Crippen LogP contribution in [-0.4, -0.2) is 35.4 Å². The van der Waals surface area contributed by atoms with Crippen molar-refractivity contribution in [3.63, 3.8) is 0 Å². The number of allylic oxidation sites excluding steroid dienone is 1. The summed E-state index contributed by atoms with van der Waals surface area (Å²) < 4.78 is 0. The molecule has 0 spiro atoms. The SMILES string of the molecule is CCN(CC)CCC1=C(C)c2ccc(O)cc2CC1=O.Cl. The van der Waals surface area contributed by atoms with Crippen LogP contribution < -0.4 is 0 Å². The molecule has 1 aromatic carbocycles. The fourth-order valence-electron chi connectivity index (χ4n) is 2.88. The van der Waals surface area contributed by atoms with Gasteiger partial charge in [0.1, 0.15) is 5.75 Å². The quantitative estimate of drug-likeness (QED) is 0.905. The maximum Gasteiger partial charge on any atom is 0.163 e. The second-order valence-corrected chi connectivity index (χ2v) is 5.32. The van der Waals surface area contributed by atoms with Crippen LogP contribution in [0.15, 0.2) is 23.8 Å². The van der Waals surface area contributed by atoms with Gasteiger partial charge in [0.15, 0.2) is 5.78 Å². The topological polar surface area (TPSA) is 40.5 Å². The number of fused-ring (bicyclic) bond motifs is 1. The van der Waals surface area contributed by atoms with E-state index in [1.54, 1.807) is 12.1 Å². The monoisotopic (exact) mass is 309 g/mol. The van der Waals surface area contributed by atoms with Gasteiger partial charge in [-0.3, -0.25) is 4.79 Å². The molecule has 0 saturated heterocycles. The van der Waals surface area contributed by atoms with Gasteiger partial charge in [-0.1, -0.05) is 19.9 Å². The van der Waals surface area contributed by atoms with E-state index in [1.165, 1.54) is 0 Å². The summed E-state index contributed by atoms with van der Waals surface area (Å²) in [5.41, 5.74) is 4.08. The van der Waals surface area contributed by atoms with Crippen molar-refractivity contribution in [1.29, 1.82) is 0 Å². The van der Waals surface area contributed by atoms with Crippen LogP contribution in [0.1, 0.15) is 38.3 Å². The van der Waals surface area contributed by atoms with E-state index in [4.69, 9.17) is 0 Å². The van der Waals surface area contributed by atoms with Gasteiger partial charge in [0.2, 0.25) is 0 Å². The number of phenols is 1. The number of rotatable bonds is 5. The van der Waals surface area contributed by atoms with Crippen LogP contribution >= 0.6 is 12.4 Å². The number of ketones is 1. The number of carbonyl (C=O) groups is 1. The van der Waals surface area contributed by atoms with Gasteiger partial charge in [-0.15, -0.1) is 12.4 Å². The molecule has 0 bridgehead atoms. The summed E-state index contributed by atoms with van der Waals surface area (Å²) in [6.45, 7) is 9.27. The van der Waals surface area contributed by atoms with Crippen LogP contribution in [0.25, 0.3) is 5.57 Å². The third kappa shape index (κ3) is 3.86. The Labute approximate surface area is 133 Å². The zero-order valence-electron chi connectivity index (χ0n) is 13.0.